The van der Waals surface area contributed by atoms with Gasteiger partial charge >= 0.3 is 0 Å². The second kappa shape index (κ2) is 7.19. The molecule has 2 N–H and O–H groups in total. The smallest absolute Gasteiger partial charge is 0.260 e. The van der Waals surface area contributed by atoms with Gasteiger partial charge in [0.15, 0.2) is 5.03 Å². The van der Waals surface area contributed by atoms with Gasteiger partial charge in [0.25, 0.3) is 10.0 Å². The summed E-state index contributed by atoms with van der Waals surface area (Å²) >= 11 is 0. The molecule has 0 spiro atoms. The lowest BCUT2D eigenvalue weighted by Gasteiger charge is -2.23. The molecule has 0 aliphatic rings. The zero-order chi connectivity index (χ0) is 15.3. The first-order valence-corrected chi connectivity index (χ1v) is 8.48. The summed E-state index contributed by atoms with van der Waals surface area (Å²) in [5, 5.41) is 9.91. The Labute approximate surface area is 122 Å². The van der Waals surface area contributed by atoms with Gasteiger partial charge in [0.05, 0.1) is 6.20 Å². The summed E-state index contributed by atoms with van der Waals surface area (Å²) in [6.07, 6.45) is 3.36. The maximum absolute atomic E-state index is 12.6. The molecule has 0 aliphatic heterocycles. The molecule has 6 nitrogen and oxygen atoms in total. The molecular weight excluding hydrogens is 276 g/mol. The SMILES string of the molecule is CCCC(C)N(C)S(=O)(=O)c1[nH]ncc1CNC(C)C. The van der Waals surface area contributed by atoms with Crippen molar-refractivity contribution in [1.82, 2.24) is 19.8 Å². The van der Waals surface area contributed by atoms with Gasteiger partial charge in [-0.1, -0.05) is 27.2 Å². The predicted octanol–water partition coefficient (Wildman–Crippen LogP) is 1.72. The summed E-state index contributed by atoms with van der Waals surface area (Å²) in [7, 11) is -1.90. The van der Waals surface area contributed by atoms with Gasteiger partial charge in [-0.25, -0.2) is 8.42 Å². The van der Waals surface area contributed by atoms with Crippen LogP contribution in [0.4, 0.5) is 0 Å². The van der Waals surface area contributed by atoms with E-state index in [1.807, 2.05) is 27.7 Å². The number of nitrogens with zero attached hydrogens (tertiary/aromatic N) is 2. The fraction of sp³-hybridized carbons (Fsp3) is 0.769. The van der Waals surface area contributed by atoms with E-state index in [2.05, 4.69) is 15.5 Å². The van der Waals surface area contributed by atoms with Crippen LogP contribution < -0.4 is 5.32 Å². The first-order chi connectivity index (χ1) is 9.30. The lowest BCUT2D eigenvalue weighted by molar-refractivity contribution is 0.367. The number of aromatic amines is 1. The molecule has 0 aromatic carbocycles. The third kappa shape index (κ3) is 4.04. The van der Waals surface area contributed by atoms with Crippen molar-refractivity contribution >= 4 is 10.0 Å². The normalized spacial score (nSPS) is 14.2. The van der Waals surface area contributed by atoms with E-state index >= 15 is 0 Å². The summed E-state index contributed by atoms with van der Waals surface area (Å²) in [6, 6.07) is 0.261. The van der Waals surface area contributed by atoms with Crippen molar-refractivity contribution in [3.8, 4) is 0 Å². The van der Waals surface area contributed by atoms with E-state index < -0.39 is 10.0 Å². The van der Waals surface area contributed by atoms with Crippen LogP contribution >= 0.6 is 0 Å². The Bertz CT molecular complexity index is 510. The summed E-state index contributed by atoms with van der Waals surface area (Å²) in [5.41, 5.74) is 0.675. The van der Waals surface area contributed by atoms with Crippen LogP contribution in [-0.4, -0.2) is 42.1 Å². The highest BCUT2D eigenvalue weighted by molar-refractivity contribution is 7.89. The molecule has 1 aromatic rings. The van der Waals surface area contributed by atoms with E-state index in [9.17, 15) is 8.42 Å². The maximum Gasteiger partial charge on any atom is 0.260 e. The number of sulfonamides is 1. The average Bonchev–Trinajstić information content (AvgIpc) is 2.84. The van der Waals surface area contributed by atoms with Crippen molar-refractivity contribution in [3.05, 3.63) is 11.8 Å². The molecule has 1 aromatic heterocycles. The van der Waals surface area contributed by atoms with E-state index in [0.717, 1.165) is 12.8 Å². The van der Waals surface area contributed by atoms with Gasteiger partial charge in [-0.2, -0.15) is 9.40 Å². The molecule has 1 heterocycles. The van der Waals surface area contributed by atoms with Crippen molar-refractivity contribution < 1.29 is 8.42 Å². The Morgan fingerprint density at radius 2 is 2.05 bits per heavy atom. The monoisotopic (exact) mass is 302 g/mol. The minimum Gasteiger partial charge on any atom is -0.310 e. The molecule has 20 heavy (non-hydrogen) atoms. The molecule has 116 valence electrons. The summed E-state index contributed by atoms with van der Waals surface area (Å²) in [5.74, 6) is 0. The van der Waals surface area contributed by atoms with Crippen LogP contribution in [0.5, 0.6) is 0 Å². The van der Waals surface area contributed by atoms with Crippen LogP contribution in [0.15, 0.2) is 11.2 Å². The predicted molar refractivity (Wildman–Crippen MR) is 79.9 cm³/mol. The molecule has 0 amide bonds. The number of hydrogen-bond donors (Lipinski definition) is 2. The summed E-state index contributed by atoms with van der Waals surface area (Å²) < 4.78 is 26.6. The highest BCUT2D eigenvalue weighted by Crippen LogP contribution is 2.20. The van der Waals surface area contributed by atoms with Gasteiger partial charge in [-0.15, -0.1) is 0 Å². The highest BCUT2D eigenvalue weighted by atomic mass is 32.2. The van der Waals surface area contributed by atoms with Gasteiger partial charge in [0.1, 0.15) is 0 Å². The standard InChI is InChI=1S/C13H26N4O2S/c1-6-7-11(4)17(5)20(18,19)13-12(9-15-16-13)8-14-10(2)3/h9-11,14H,6-8H2,1-5H3,(H,15,16). The lowest BCUT2D eigenvalue weighted by atomic mass is 10.2. The molecule has 1 atom stereocenters. The number of nitrogens with one attached hydrogen (secondary N) is 2. The number of aromatic nitrogens is 2. The lowest BCUT2D eigenvalue weighted by Crippen LogP contribution is -2.36. The van der Waals surface area contributed by atoms with Crippen molar-refractivity contribution in [2.45, 2.75) is 64.2 Å². The number of H-pyrrole nitrogens is 1. The zero-order valence-electron chi connectivity index (χ0n) is 13.0. The van der Waals surface area contributed by atoms with Gasteiger partial charge in [0, 0.05) is 31.2 Å². The van der Waals surface area contributed by atoms with Crippen molar-refractivity contribution in [2.75, 3.05) is 7.05 Å². The first kappa shape index (κ1) is 17.1. The van der Waals surface area contributed by atoms with Crippen LogP contribution in [0.2, 0.25) is 0 Å². The van der Waals surface area contributed by atoms with E-state index in [4.69, 9.17) is 0 Å². The molecule has 1 unspecified atom stereocenters. The van der Waals surface area contributed by atoms with Crippen LogP contribution in [-0.2, 0) is 16.6 Å². The number of hydrogen-bond acceptors (Lipinski definition) is 4. The van der Waals surface area contributed by atoms with Gasteiger partial charge in [-0.05, 0) is 13.3 Å². The third-order valence-electron chi connectivity index (χ3n) is 3.34. The van der Waals surface area contributed by atoms with E-state index in [1.165, 1.54) is 4.31 Å². The fourth-order valence-electron chi connectivity index (χ4n) is 1.94. The van der Waals surface area contributed by atoms with Gasteiger partial charge in [-0.3, -0.25) is 5.10 Å². The molecule has 0 saturated carbocycles. The van der Waals surface area contributed by atoms with Crippen LogP contribution in [0.1, 0.15) is 46.1 Å². The summed E-state index contributed by atoms with van der Waals surface area (Å²) in [4.78, 5) is 0. The van der Waals surface area contributed by atoms with Gasteiger partial charge in [0.2, 0.25) is 0 Å². The Kier molecular flexibility index (Phi) is 6.16. The second-order valence-corrected chi connectivity index (χ2v) is 7.35. The van der Waals surface area contributed by atoms with Crippen molar-refractivity contribution in [1.29, 1.82) is 0 Å². The molecule has 0 saturated heterocycles. The van der Waals surface area contributed by atoms with Crippen molar-refractivity contribution in [2.24, 2.45) is 0 Å². The van der Waals surface area contributed by atoms with E-state index in [-0.39, 0.29) is 17.1 Å². The molecule has 0 fully saturated rings. The van der Waals surface area contributed by atoms with Crippen LogP contribution in [0.25, 0.3) is 0 Å². The topological polar surface area (TPSA) is 78.1 Å². The van der Waals surface area contributed by atoms with Crippen LogP contribution in [0.3, 0.4) is 0 Å². The number of rotatable bonds is 8. The fourth-order valence-corrected chi connectivity index (χ4v) is 3.43. The summed E-state index contributed by atoms with van der Waals surface area (Å²) in [6.45, 7) is 8.49. The minimum atomic E-state index is -3.52. The van der Waals surface area contributed by atoms with Crippen LogP contribution in [0, 0.1) is 0 Å². The van der Waals surface area contributed by atoms with Crippen molar-refractivity contribution in [3.63, 3.8) is 0 Å². The van der Waals surface area contributed by atoms with E-state index in [1.54, 1.807) is 13.2 Å². The Morgan fingerprint density at radius 3 is 2.60 bits per heavy atom. The first-order valence-electron chi connectivity index (χ1n) is 7.04. The van der Waals surface area contributed by atoms with Gasteiger partial charge < -0.3 is 5.32 Å². The Hall–Kier alpha value is -0.920. The third-order valence-corrected chi connectivity index (χ3v) is 5.33. The molecule has 1 rings (SSSR count). The minimum absolute atomic E-state index is 0.0285. The molecule has 0 bridgehead atoms. The molecule has 7 heteroatoms. The zero-order valence-corrected chi connectivity index (χ0v) is 13.8. The van der Waals surface area contributed by atoms with E-state index in [0.29, 0.717) is 12.1 Å². The second-order valence-electron chi connectivity index (χ2n) is 5.42. The quantitative estimate of drug-likeness (QED) is 0.766. The molecule has 0 aliphatic carbocycles. The Morgan fingerprint density at radius 1 is 1.40 bits per heavy atom. The molecule has 0 radical (unpaired) electrons. The molecular formula is C13H26N4O2S. The average molecular weight is 302 g/mol. The highest BCUT2D eigenvalue weighted by Gasteiger charge is 2.28. The Balaban J connectivity index is 2.95. The largest absolute Gasteiger partial charge is 0.310 e. The maximum atomic E-state index is 12.6.